The summed E-state index contributed by atoms with van der Waals surface area (Å²) in [6, 6.07) is 8.70. The molecule has 0 saturated carbocycles. The number of fused-ring (bicyclic) bond motifs is 1. The molecule has 0 radical (unpaired) electrons. The number of nitrogens with one attached hydrogen (secondary N) is 1. The van der Waals surface area contributed by atoms with Crippen LogP contribution in [0.2, 0.25) is 0 Å². The summed E-state index contributed by atoms with van der Waals surface area (Å²) in [6.07, 6.45) is 4.34. The molecule has 17 heavy (non-hydrogen) atoms. The van der Waals surface area contributed by atoms with E-state index in [2.05, 4.69) is 29.6 Å². The topological polar surface area (TPSA) is 29.1 Å². The third-order valence-corrected chi connectivity index (χ3v) is 3.47. The minimum absolute atomic E-state index is 0.160. The van der Waals surface area contributed by atoms with Gasteiger partial charge in [-0.05, 0) is 36.8 Å². The van der Waals surface area contributed by atoms with Crippen molar-refractivity contribution in [2.24, 2.45) is 0 Å². The van der Waals surface area contributed by atoms with Crippen LogP contribution >= 0.6 is 11.6 Å². The summed E-state index contributed by atoms with van der Waals surface area (Å²) >= 11 is 5.58. The Hall–Kier alpha value is -1.02. The molecule has 1 aliphatic carbocycles. The predicted octanol–water partition coefficient (Wildman–Crippen LogP) is 2.68. The van der Waals surface area contributed by atoms with Crippen molar-refractivity contribution in [1.29, 1.82) is 0 Å². The van der Waals surface area contributed by atoms with E-state index in [-0.39, 0.29) is 11.9 Å². The molecule has 0 bridgehead atoms. The first-order valence-electron chi connectivity index (χ1n) is 6.21. The second-order valence-electron chi connectivity index (χ2n) is 4.59. The first kappa shape index (κ1) is 12.4. The summed E-state index contributed by atoms with van der Waals surface area (Å²) in [5, 5.41) is 3.10. The Kier molecular flexibility index (Phi) is 4.43. The highest BCUT2D eigenvalue weighted by Gasteiger charge is 2.21. The number of rotatable bonds is 5. The monoisotopic (exact) mass is 251 g/mol. The molecule has 0 unspecified atom stereocenters. The Labute approximate surface area is 107 Å². The van der Waals surface area contributed by atoms with Crippen LogP contribution in [-0.4, -0.2) is 17.8 Å². The Balaban J connectivity index is 1.77. The minimum atomic E-state index is 0.160. The molecule has 2 nitrogen and oxygen atoms in total. The zero-order valence-electron chi connectivity index (χ0n) is 9.92. The highest BCUT2D eigenvalue weighted by Crippen LogP contribution is 2.21. The predicted molar refractivity (Wildman–Crippen MR) is 70.4 cm³/mol. The van der Waals surface area contributed by atoms with Gasteiger partial charge in [-0.15, -0.1) is 11.6 Å². The van der Waals surface area contributed by atoms with Gasteiger partial charge in [0.2, 0.25) is 5.91 Å². The normalized spacial score (nSPS) is 14.6. The number of carbonyl (C=O) groups excluding carboxylic acids is 1. The van der Waals surface area contributed by atoms with Gasteiger partial charge in [0.05, 0.1) is 0 Å². The second-order valence-corrected chi connectivity index (χ2v) is 4.97. The van der Waals surface area contributed by atoms with Crippen molar-refractivity contribution in [2.45, 2.75) is 38.1 Å². The number of halogens is 1. The van der Waals surface area contributed by atoms with Crippen LogP contribution in [0.1, 0.15) is 30.4 Å². The fourth-order valence-electron chi connectivity index (χ4n) is 2.34. The van der Waals surface area contributed by atoms with Crippen LogP contribution in [-0.2, 0) is 17.6 Å². The lowest BCUT2D eigenvalue weighted by atomic mass is 10.1. The Morgan fingerprint density at radius 3 is 2.47 bits per heavy atom. The molecule has 0 atom stereocenters. The number of carbonyl (C=O) groups is 1. The number of unbranched alkanes of at least 4 members (excludes halogenated alkanes) is 1. The number of hydrogen-bond donors (Lipinski definition) is 1. The third kappa shape index (κ3) is 3.47. The maximum absolute atomic E-state index is 11.7. The van der Waals surface area contributed by atoms with Crippen molar-refractivity contribution in [3.05, 3.63) is 35.4 Å². The molecule has 1 aromatic rings. The van der Waals surface area contributed by atoms with Crippen molar-refractivity contribution in [2.75, 3.05) is 5.88 Å². The van der Waals surface area contributed by atoms with Gasteiger partial charge in [-0.1, -0.05) is 24.3 Å². The van der Waals surface area contributed by atoms with Crippen molar-refractivity contribution in [3.63, 3.8) is 0 Å². The van der Waals surface area contributed by atoms with Gasteiger partial charge in [0.1, 0.15) is 0 Å². The van der Waals surface area contributed by atoms with Gasteiger partial charge in [0.15, 0.2) is 0 Å². The molecule has 1 N–H and O–H groups in total. The fraction of sp³-hybridized carbons (Fsp3) is 0.500. The smallest absolute Gasteiger partial charge is 0.220 e. The van der Waals surface area contributed by atoms with E-state index in [1.54, 1.807) is 0 Å². The highest BCUT2D eigenvalue weighted by molar-refractivity contribution is 6.17. The lowest BCUT2D eigenvalue weighted by Gasteiger charge is -2.11. The number of hydrogen-bond acceptors (Lipinski definition) is 1. The van der Waals surface area contributed by atoms with E-state index in [0.29, 0.717) is 12.3 Å². The Morgan fingerprint density at radius 2 is 1.88 bits per heavy atom. The highest BCUT2D eigenvalue weighted by atomic mass is 35.5. The zero-order valence-corrected chi connectivity index (χ0v) is 10.7. The summed E-state index contributed by atoms with van der Waals surface area (Å²) in [7, 11) is 0. The molecule has 0 aliphatic heterocycles. The standard InChI is InChI=1S/C14H18ClNO/c15-8-4-3-7-14(17)16-13-9-11-5-1-2-6-12(11)10-13/h1-2,5-6,13H,3-4,7-10H2,(H,16,17). The van der Waals surface area contributed by atoms with Crippen LogP contribution in [0, 0.1) is 0 Å². The molecule has 92 valence electrons. The first-order valence-corrected chi connectivity index (χ1v) is 6.75. The van der Waals surface area contributed by atoms with Crippen LogP contribution in [0.3, 0.4) is 0 Å². The summed E-state index contributed by atoms with van der Waals surface area (Å²) in [4.78, 5) is 11.7. The van der Waals surface area contributed by atoms with E-state index in [9.17, 15) is 4.79 Å². The van der Waals surface area contributed by atoms with Crippen molar-refractivity contribution in [1.82, 2.24) is 5.32 Å². The van der Waals surface area contributed by atoms with E-state index < -0.39 is 0 Å². The SMILES string of the molecule is O=C(CCCCCl)NC1Cc2ccccc2C1. The molecule has 2 rings (SSSR count). The van der Waals surface area contributed by atoms with Gasteiger partial charge in [0.25, 0.3) is 0 Å². The van der Waals surface area contributed by atoms with Crippen LogP contribution < -0.4 is 5.32 Å². The molecule has 0 fully saturated rings. The average molecular weight is 252 g/mol. The molecular weight excluding hydrogens is 234 g/mol. The van der Waals surface area contributed by atoms with E-state index in [0.717, 1.165) is 25.7 Å². The maximum atomic E-state index is 11.7. The lowest BCUT2D eigenvalue weighted by molar-refractivity contribution is -0.121. The number of alkyl halides is 1. The first-order chi connectivity index (χ1) is 8.29. The Morgan fingerprint density at radius 1 is 1.24 bits per heavy atom. The third-order valence-electron chi connectivity index (χ3n) is 3.20. The number of benzene rings is 1. The molecule has 0 heterocycles. The average Bonchev–Trinajstić information content (AvgIpc) is 2.71. The minimum Gasteiger partial charge on any atom is -0.353 e. The van der Waals surface area contributed by atoms with E-state index in [1.807, 2.05) is 0 Å². The van der Waals surface area contributed by atoms with Crippen molar-refractivity contribution >= 4 is 17.5 Å². The van der Waals surface area contributed by atoms with Crippen LogP contribution in [0.5, 0.6) is 0 Å². The summed E-state index contributed by atoms with van der Waals surface area (Å²) in [6.45, 7) is 0. The van der Waals surface area contributed by atoms with Gasteiger partial charge < -0.3 is 5.32 Å². The number of amides is 1. The Bertz CT molecular complexity index is 367. The van der Waals surface area contributed by atoms with Crippen LogP contribution in [0.25, 0.3) is 0 Å². The van der Waals surface area contributed by atoms with Crippen LogP contribution in [0.15, 0.2) is 24.3 Å². The van der Waals surface area contributed by atoms with E-state index >= 15 is 0 Å². The van der Waals surface area contributed by atoms with Crippen molar-refractivity contribution in [3.8, 4) is 0 Å². The molecule has 1 aliphatic rings. The zero-order chi connectivity index (χ0) is 12.1. The van der Waals surface area contributed by atoms with Gasteiger partial charge in [-0.3, -0.25) is 4.79 Å². The van der Waals surface area contributed by atoms with Crippen LogP contribution in [0.4, 0.5) is 0 Å². The van der Waals surface area contributed by atoms with E-state index in [1.165, 1.54) is 11.1 Å². The van der Waals surface area contributed by atoms with E-state index in [4.69, 9.17) is 11.6 Å². The molecule has 0 saturated heterocycles. The second kappa shape index (κ2) is 6.06. The molecule has 1 aromatic carbocycles. The lowest BCUT2D eigenvalue weighted by Crippen LogP contribution is -2.35. The summed E-state index contributed by atoms with van der Waals surface area (Å²) < 4.78 is 0. The maximum Gasteiger partial charge on any atom is 0.220 e. The van der Waals surface area contributed by atoms with Crippen molar-refractivity contribution < 1.29 is 4.79 Å². The summed E-state index contributed by atoms with van der Waals surface area (Å²) in [5.41, 5.74) is 2.75. The van der Waals surface area contributed by atoms with Gasteiger partial charge in [-0.2, -0.15) is 0 Å². The summed E-state index contributed by atoms with van der Waals surface area (Å²) in [5.74, 6) is 0.801. The van der Waals surface area contributed by atoms with Gasteiger partial charge in [0, 0.05) is 18.3 Å². The fourth-order valence-corrected chi connectivity index (χ4v) is 2.53. The molecule has 0 aromatic heterocycles. The molecular formula is C14H18ClNO. The van der Waals surface area contributed by atoms with Gasteiger partial charge in [-0.25, -0.2) is 0 Å². The largest absolute Gasteiger partial charge is 0.353 e. The molecule has 1 amide bonds. The molecule has 0 spiro atoms. The quantitative estimate of drug-likeness (QED) is 0.633. The molecule has 3 heteroatoms. The van der Waals surface area contributed by atoms with Gasteiger partial charge >= 0.3 is 0 Å².